The summed E-state index contributed by atoms with van der Waals surface area (Å²) in [6.45, 7) is 5.07. The molecule has 0 fully saturated rings. The summed E-state index contributed by atoms with van der Waals surface area (Å²) in [5.41, 5.74) is 6.75. The van der Waals surface area contributed by atoms with Gasteiger partial charge in [-0.3, -0.25) is 4.90 Å². The van der Waals surface area contributed by atoms with E-state index in [-0.39, 0.29) is 0 Å². The van der Waals surface area contributed by atoms with Gasteiger partial charge in [-0.2, -0.15) is 0 Å². The van der Waals surface area contributed by atoms with Gasteiger partial charge in [0.1, 0.15) is 0 Å². The highest BCUT2D eigenvalue weighted by Crippen LogP contribution is 2.06. The molecule has 0 aliphatic carbocycles. The van der Waals surface area contributed by atoms with Crippen LogP contribution in [0.3, 0.4) is 0 Å². The van der Waals surface area contributed by atoms with Crippen LogP contribution in [-0.4, -0.2) is 35.7 Å². The van der Waals surface area contributed by atoms with Gasteiger partial charge >= 0.3 is 0 Å². The number of nitrogens with two attached hydrogens (primary N) is 1. The number of unbranched alkanes of at least 4 members (excludes halogenated alkanes) is 1. The maximum Gasteiger partial charge on any atom is 0.0789 e. The van der Waals surface area contributed by atoms with E-state index in [0.717, 1.165) is 19.5 Å². The average Bonchev–Trinajstić information content (AvgIpc) is 2.37. The highest BCUT2D eigenvalue weighted by Gasteiger charge is 2.10. The molecule has 17 heavy (non-hydrogen) atoms. The molecule has 1 unspecified atom stereocenters. The molecule has 0 amide bonds. The third-order valence-corrected chi connectivity index (χ3v) is 2.82. The Hall–Kier alpha value is -0.900. The SMILES string of the molecule is CCCCN(Cc1ccccc1)CC(O)CN. The molecule has 3 heteroatoms. The second kappa shape index (κ2) is 8.23. The van der Waals surface area contributed by atoms with Gasteiger partial charge in [0, 0.05) is 19.6 Å². The lowest BCUT2D eigenvalue weighted by atomic mass is 10.2. The summed E-state index contributed by atoms with van der Waals surface area (Å²) in [7, 11) is 0. The fourth-order valence-electron chi connectivity index (χ4n) is 1.83. The van der Waals surface area contributed by atoms with Crippen molar-refractivity contribution in [2.45, 2.75) is 32.4 Å². The summed E-state index contributed by atoms with van der Waals surface area (Å²) in [4.78, 5) is 2.27. The van der Waals surface area contributed by atoms with Crippen molar-refractivity contribution in [3.05, 3.63) is 35.9 Å². The van der Waals surface area contributed by atoms with Crippen molar-refractivity contribution in [2.24, 2.45) is 5.73 Å². The summed E-state index contributed by atoms with van der Waals surface area (Å²) in [6, 6.07) is 10.4. The van der Waals surface area contributed by atoms with Crippen LogP contribution in [0.1, 0.15) is 25.3 Å². The van der Waals surface area contributed by atoms with Crippen LogP contribution in [-0.2, 0) is 6.54 Å². The predicted molar refractivity (Wildman–Crippen MR) is 71.7 cm³/mol. The molecule has 0 aliphatic rings. The van der Waals surface area contributed by atoms with Gasteiger partial charge in [-0.05, 0) is 18.5 Å². The van der Waals surface area contributed by atoms with Crippen LogP contribution in [0, 0.1) is 0 Å². The Kier molecular flexibility index (Phi) is 6.86. The van der Waals surface area contributed by atoms with Crippen LogP contribution in [0.15, 0.2) is 30.3 Å². The number of aliphatic hydroxyl groups excluding tert-OH is 1. The molecule has 0 aromatic heterocycles. The number of hydrogen-bond donors (Lipinski definition) is 2. The second-order valence-electron chi connectivity index (χ2n) is 4.46. The number of nitrogens with zero attached hydrogens (tertiary/aromatic N) is 1. The van der Waals surface area contributed by atoms with E-state index in [1.54, 1.807) is 0 Å². The largest absolute Gasteiger partial charge is 0.390 e. The first-order valence-corrected chi connectivity index (χ1v) is 6.40. The van der Waals surface area contributed by atoms with Crippen LogP contribution < -0.4 is 5.73 Å². The number of benzene rings is 1. The van der Waals surface area contributed by atoms with Gasteiger partial charge in [0.05, 0.1) is 6.10 Å². The minimum atomic E-state index is -0.421. The van der Waals surface area contributed by atoms with E-state index in [2.05, 4.69) is 24.0 Å². The Balaban J connectivity index is 2.50. The first kappa shape index (κ1) is 14.2. The third kappa shape index (κ3) is 5.82. The van der Waals surface area contributed by atoms with E-state index in [1.807, 2.05) is 18.2 Å². The van der Waals surface area contributed by atoms with E-state index in [4.69, 9.17) is 5.73 Å². The summed E-state index contributed by atoms with van der Waals surface area (Å²) >= 11 is 0. The molecule has 0 bridgehead atoms. The first-order valence-electron chi connectivity index (χ1n) is 6.40. The molecule has 1 rings (SSSR count). The number of rotatable bonds is 8. The van der Waals surface area contributed by atoms with Crippen molar-refractivity contribution in [1.82, 2.24) is 4.90 Å². The van der Waals surface area contributed by atoms with Crippen LogP contribution in [0.5, 0.6) is 0 Å². The molecule has 1 aromatic carbocycles. The number of hydrogen-bond acceptors (Lipinski definition) is 3. The van der Waals surface area contributed by atoms with Crippen molar-refractivity contribution in [3.63, 3.8) is 0 Å². The van der Waals surface area contributed by atoms with Gasteiger partial charge in [0.2, 0.25) is 0 Å². The zero-order valence-electron chi connectivity index (χ0n) is 10.7. The molecule has 0 saturated carbocycles. The van der Waals surface area contributed by atoms with E-state index in [1.165, 1.54) is 12.0 Å². The zero-order chi connectivity index (χ0) is 12.5. The highest BCUT2D eigenvalue weighted by molar-refractivity contribution is 5.14. The minimum absolute atomic E-state index is 0.331. The number of aliphatic hydroxyl groups is 1. The Bertz CT molecular complexity index is 290. The van der Waals surface area contributed by atoms with Gasteiger partial charge in [-0.25, -0.2) is 0 Å². The summed E-state index contributed by atoms with van der Waals surface area (Å²) in [5.74, 6) is 0. The van der Waals surface area contributed by atoms with Crippen molar-refractivity contribution in [2.75, 3.05) is 19.6 Å². The molecule has 96 valence electrons. The molecular formula is C14H24N2O. The van der Waals surface area contributed by atoms with E-state index in [0.29, 0.717) is 13.1 Å². The van der Waals surface area contributed by atoms with Crippen LogP contribution in [0.25, 0.3) is 0 Å². The molecule has 0 aliphatic heterocycles. The van der Waals surface area contributed by atoms with Crippen LogP contribution in [0.4, 0.5) is 0 Å². The third-order valence-electron chi connectivity index (χ3n) is 2.82. The fourth-order valence-corrected chi connectivity index (χ4v) is 1.83. The monoisotopic (exact) mass is 236 g/mol. The molecule has 0 heterocycles. The normalized spacial score (nSPS) is 12.9. The summed E-state index contributed by atoms with van der Waals surface area (Å²) < 4.78 is 0. The molecular weight excluding hydrogens is 212 g/mol. The maximum absolute atomic E-state index is 9.64. The van der Waals surface area contributed by atoms with E-state index >= 15 is 0 Å². The van der Waals surface area contributed by atoms with Gasteiger partial charge < -0.3 is 10.8 Å². The first-order chi connectivity index (χ1) is 8.26. The molecule has 0 saturated heterocycles. The molecule has 0 spiro atoms. The van der Waals surface area contributed by atoms with Crippen molar-refractivity contribution < 1.29 is 5.11 Å². The van der Waals surface area contributed by atoms with Crippen LogP contribution >= 0.6 is 0 Å². The zero-order valence-corrected chi connectivity index (χ0v) is 10.7. The Morgan fingerprint density at radius 1 is 1.29 bits per heavy atom. The quantitative estimate of drug-likeness (QED) is 0.721. The average molecular weight is 236 g/mol. The van der Waals surface area contributed by atoms with Gasteiger partial charge in [-0.1, -0.05) is 43.7 Å². The van der Waals surface area contributed by atoms with Crippen molar-refractivity contribution in [1.29, 1.82) is 0 Å². The Labute approximate surface area is 104 Å². The molecule has 1 aromatic rings. The lowest BCUT2D eigenvalue weighted by Gasteiger charge is -2.24. The topological polar surface area (TPSA) is 49.5 Å². The van der Waals surface area contributed by atoms with Gasteiger partial charge in [-0.15, -0.1) is 0 Å². The standard InChI is InChI=1S/C14H24N2O/c1-2-3-9-16(12-14(17)10-15)11-13-7-5-4-6-8-13/h4-8,14,17H,2-3,9-12,15H2,1H3. The smallest absolute Gasteiger partial charge is 0.0789 e. The van der Waals surface area contributed by atoms with Crippen molar-refractivity contribution >= 4 is 0 Å². The van der Waals surface area contributed by atoms with Crippen LogP contribution in [0.2, 0.25) is 0 Å². The van der Waals surface area contributed by atoms with E-state index < -0.39 is 6.10 Å². The fraction of sp³-hybridized carbons (Fsp3) is 0.571. The van der Waals surface area contributed by atoms with Gasteiger partial charge in [0.25, 0.3) is 0 Å². The van der Waals surface area contributed by atoms with Gasteiger partial charge in [0.15, 0.2) is 0 Å². The van der Waals surface area contributed by atoms with E-state index in [9.17, 15) is 5.11 Å². The lowest BCUT2D eigenvalue weighted by molar-refractivity contribution is 0.113. The molecule has 3 N–H and O–H groups in total. The Morgan fingerprint density at radius 3 is 2.59 bits per heavy atom. The minimum Gasteiger partial charge on any atom is -0.390 e. The predicted octanol–water partition coefficient (Wildman–Crippen LogP) is 1.61. The van der Waals surface area contributed by atoms with Crippen molar-refractivity contribution in [3.8, 4) is 0 Å². The highest BCUT2D eigenvalue weighted by atomic mass is 16.3. The Morgan fingerprint density at radius 2 is 2.00 bits per heavy atom. The maximum atomic E-state index is 9.64. The molecule has 0 radical (unpaired) electrons. The molecule has 1 atom stereocenters. The summed E-state index contributed by atoms with van der Waals surface area (Å²) in [6.07, 6.45) is 1.91. The lowest BCUT2D eigenvalue weighted by Crippen LogP contribution is -2.36. The summed E-state index contributed by atoms with van der Waals surface area (Å²) in [5, 5.41) is 9.64. The second-order valence-corrected chi connectivity index (χ2v) is 4.46. The molecule has 3 nitrogen and oxygen atoms in total.